The lowest BCUT2D eigenvalue weighted by atomic mass is 10.1. The molecule has 3 aromatic rings. The van der Waals surface area contributed by atoms with Gasteiger partial charge in [-0.2, -0.15) is 0 Å². The third kappa shape index (κ3) is 2.11. The monoisotopic (exact) mass is 339 g/mol. The van der Waals surface area contributed by atoms with Crippen molar-refractivity contribution in [2.45, 2.75) is 12.5 Å². The summed E-state index contributed by atoms with van der Waals surface area (Å²) in [6.45, 7) is 0. The van der Waals surface area contributed by atoms with Gasteiger partial charge in [-0.15, -0.1) is 0 Å². The minimum atomic E-state index is -0.212. The summed E-state index contributed by atoms with van der Waals surface area (Å²) in [6, 6.07) is 16.2. The molecule has 21 heavy (non-hydrogen) atoms. The third-order valence-corrected chi connectivity index (χ3v) is 4.43. The lowest BCUT2D eigenvalue weighted by Crippen LogP contribution is -2.13. The molecule has 0 spiro atoms. The van der Waals surface area contributed by atoms with Crippen LogP contribution in [0.15, 0.2) is 53.0 Å². The average Bonchev–Trinajstić information content (AvgIpc) is 3.04. The van der Waals surface area contributed by atoms with E-state index < -0.39 is 0 Å². The molecule has 104 valence electrons. The molecule has 3 nitrogen and oxygen atoms in total. The largest absolute Gasteiger partial charge is 0.343 e. The van der Waals surface area contributed by atoms with Gasteiger partial charge in [0.15, 0.2) is 0 Å². The molecule has 0 fully saturated rings. The number of benzene rings is 2. The predicted octanol–water partition coefficient (Wildman–Crippen LogP) is 3.79. The number of hydrogen-bond acceptors (Lipinski definition) is 2. The van der Waals surface area contributed by atoms with Crippen molar-refractivity contribution in [2.24, 2.45) is 5.73 Å². The fraction of sp³-hybridized carbons (Fsp3) is 0.118. The number of hydrogen-bond donors (Lipinski definition) is 2. The lowest BCUT2D eigenvalue weighted by molar-refractivity contribution is 0.796. The van der Waals surface area contributed by atoms with Crippen molar-refractivity contribution in [3.8, 4) is 11.3 Å². The molecule has 0 amide bonds. The Morgan fingerprint density at radius 3 is 2.76 bits per heavy atom. The Hall–Kier alpha value is -1.91. The van der Waals surface area contributed by atoms with Crippen molar-refractivity contribution < 1.29 is 0 Å². The van der Waals surface area contributed by atoms with Gasteiger partial charge in [-0.1, -0.05) is 52.3 Å². The first kappa shape index (κ1) is 12.8. The zero-order valence-electron chi connectivity index (χ0n) is 11.3. The Kier molecular flexibility index (Phi) is 2.94. The van der Waals surface area contributed by atoms with Crippen molar-refractivity contribution in [3.05, 3.63) is 75.6 Å². The summed E-state index contributed by atoms with van der Waals surface area (Å²) in [5.41, 5.74) is 12.1. The van der Waals surface area contributed by atoms with Gasteiger partial charge < -0.3 is 10.7 Å². The SMILES string of the molecule is NC(c1ccccc1)c1nc2c([nH]1)Cc1cc(Br)ccc1-2. The van der Waals surface area contributed by atoms with Crippen LogP contribution in [-0.2, 0) is 6.42 Å². The molecule has 0 radical (unpaired) electrons. The maximum absolute atomic E-state index is 6.32. The molecule has 1 unspecified atom stereocenters. The topological polar surface area (TPSA) is 54.7 Å². The van der Waals surface area contributed by atoms with Crippen LogP contribution in [0.25, 0.3) is 11.3 Å². The van der Waals surface area contributed by atoms with Crippen molar-refractivity contribution in [1.82, 2.24) is 9.97 Å². The molecule has 2 aromatic carbocycles. The van der Waals surface area contributed by atoms with Gasteiger partial charge in [0.25, 0.3) is 0 Å². The summed E-state index contributed by atoms with van der Waals surface area (Å²) in [6.07, 6.45) is 0.888. The van der Waals surface area contributed by atoms with E-state index >= 15 is 0 Å². The van der Waals surface area contributed by atoms with Crippen LogP contribution in [0.4, 0.5) is 0 Å². The third-order valence-electron chi connectivity index (χ3n) is 3.94. The normalized spacial score (nSPS) is 13.8. The van der Waals surface area contributed by atoms with Gasteiger partial charge >= 0.3 is 0 Å². The molecular weight excluding hydrogens is 326 g/mol. The second-order valence-electron chi connectivity index (χ2n) is 5.32. The van der Waals surface area contributed by atoms with E-state index in [2.05, 4.69) is 39.1 Å². The van der Waals surface area contributed by atoms with Gasteiger partial charge in [0.05, 0.1) is 11.7 Å². The summed E-state index contributed by atoms with van der Waals surface area (Å²) < 4.78 is 1.10. The number of rotatable bonds is 2. The van der Waals surface area contributed by atoms with Crippen LogP contribution < -0.4 is 5.73 Å². The van der Waals surface area contributed by atoms with E-state index in [4.69, 9.17) is 10.7 Å². The molecule has 0 bridgehead atoms. The molecule has 1 aliphatic carbocycles. The summed E-state index contributed by atoms with van der Waals surface area (Å²) in [5.74, 6) is 0.833. The highest BCUT2D eigenvalue weighted by Crippen LogP contribution is 2.37. The Morgan fingerprint density at radius 2 is 1.95 bits per heavy atom. The second-order valence-corrected chi connectivity index (χ2v) is 6.23. The van der Waals surface area contributed by atoms with E-state index in [9.17, 15) is 0 Å². The Morgan fingerprint density at radius 1 is 1.14 bits per heavy atom. The van der Waals surface area contributed by atoms with E-state index in [1.54, 1.807) is 0 Å². The molecular formula is C17H14BrN3. The average molecular weight is 340 g/mol. The number of aromatic amines is 1. The smallest absolute Gasteiger partial charge is 0.128 e. The first-order valence-electron chi connectivity index (χ1n) is 6.90. The molecule has 1 heterocycles. The van der Waals surface area contributed by atoms with E-state index in [0.717, 1.165) is 33.7 Å². The Bertz CT molecular complexity index is 808. The van der Waals surface area contributed by atoms with Crippen LogP contribution in [0.1, 0.15) is 28.7 Å². The number of fused-ring (bicyclic) bond motifs is 3. The molecule has 0 saturated carbocycles. The van der Waals surface area contributed by atoms with Crippen molar-refractivity contribution in [2.75, 3.05) is 0 Å². The second kappa shape index (κ2) is 4.83. The standard InChI is InChI=1S/C17H14BrN3/c18-12-6-7-13-11(8-12)9-14-16(13)21-17(20-14)15(19)10-4-2-1-3-5-10/h1-8,15H,9,19H2,(H,20,21). The molecule has 1 aliphatic rings. The number of halogens is 1. The molecule has 3 N–H and O–H groups in total. The summed E-state index contributed by atoms with van der Waals surface area (Å²) >= 11 is 3.52. The maximum Gasteiger partial charge on any atom is 0.128 e. The molecule has 0 saturated heterocycles. The van der Waals surface area contributed by atoms with Crippen molar-refractivity contribution in [1.29, 1.82) is 0 Å². The van der Waals surface area contributed by atoms with Crippen molar-refractivity contribution >= 4 is 15.9 Å². The van der Waals surface area contributed by atoms with Crippen LogP contribution in [0, 0.1) is 0 Å². The summed E-state index contributed by atoms with van der Waals surface area (Å²) in [5, 5.41) is 0. The minimum absolute atomic E-state index is 0.212. The molecule has 1 aromatic heterocycles. The van der Waals surface area contributed by atoms with Gasteiger partial charge in [0.2, 0.25) is 0 Å². The fourth-order valence-electron chi connectivity index (χ4n) is 2.88. The number of nitrogens with one attached hydrogen (secondary N) is 1. The van der Waals surface area contributed by atoms with Gasteiger partial charge in [-0.05, 0) is 23.3 Å². The minimum Gasteiger partial charge on any atom is -0.343 e. The number of nitrogens with two attached hydrogens (primary N) is 1. The molecule has 1 atom stereocenters. The summed E-state index contributed by atoms with van der Waals surface area (Å²) in [7, 11) is 0. The zero-order valence-corrected chi connectivity index (χ0v) is 12.9. The number of nitrogens with zero attached hydrogens (tertiary/aromatic N) is 1. The number of H-pyrrole nitrogens is 1. The van der Waals surface area contributed by atoms with Gasteiger partial charge in [0, 0.05) is 22.2 Å². The van der Waals surface area contributed by atoms with Gasteiger partial charge in [0.1, 0.15) is 5.82 Å². The Balaban J connectivity index is 1.74. The van der Waals surface area contributed by atoms with Crippen LogP contribution in [0.3, 0.4) is 0 Å². The summed E-state index contributed by atoms with van der Waals surface area (Å²) in [4.78, 5) is 8.15. The van der Waals surface area contributed by atoms with Crippen LogP contribution >= 0.6 is 15.9 Å². The van der Waals surface area contributed by atoms with E-state index in [1.165, 1.54) is 11.1 Å². The molecule has 4 heteroatoms. The van der Waals surface area contributed by atoms with E-state index in [1.807, 2.05) is 30.3 Å². The van der Waals surface area contributed by atoms with Gasteiger partial charge in [-0.25, -0.2) is 4.98 Å². The quantitative estimate of drug-likeness (QED) is 0.583. The number of aromatic nitrogens is 2. The molecule has 4 rings (SSSR count). The van der Waals surface area contributed by atoms with Crippen LogP contribution in [0.2, 0.25) is 0 Å². The van der Waals surface area contributed by atoms with Gasteiger partial charge in [-0.3, -0.25) is 0 Å². The highest BCUT2D eigenvalue weighted by atomic mass is 79.9. The van der Waals surface area contributed by atoms with Crippen LogP contribution in [0.5, 0.6) is 0 Å². The first-order valence-corrected chi connectivity index (χ1v) is 7.70. The van der Waals surface area contributed by atoms with Crippen LogP contribution in [-0.4, -0.2) is 9.97 Å². The Labute approximate surface area is 131 Å². The van der Waals surface area contributed by atoms with Crippen molar-refractivity contribution in [3.63, 3.8) is 0 Å². The molecule has 0 aliphatic heterocycles. The first-order chi connectivity index (χ1) is 10.2. The fourth-order valence-corrected chi connectivity index (χ4v) is 3.28. The number of imidazole rings is 1. The maximum atomic E-state index is 6.32. The van der Waals surface area contributed by atoms with E-state index in [0.29, 0.717) is 0 Å². The predicted molar refractivity (Wildman–Crippen MR) is 87.0 cm³/mol. The van der Waals surface area contributed by atoms with E-state index in [-0.39, 0.29) is 6.04 Å². The lowest BCUT2D eigenvalue weighted by Gasteiger charge is -2.09. The zero-order chi connectivity index (χ0) is 14.4. The highest BCUT2D eigenvalue weighted by molar-refractivity contribution is 9.10. The highest BCUT2D eigenvalue weighted by Gasteiger charge is 2.24.